The van der Waals surface area contributed by atoms with Crippen LogP contribution >= 0.6 is 0 Å². The summed E-state index contributed by atoms with van der Waals surface area (Å²) in [4.78, 5) is 27.9. The number of amides is 2. The van der Waals surface area contributed by atoms with Crippen LogP contribution in [-0.4, -0.2) is 90.2 Å². The summed E-state index contributed by atoms with van der Waals surface area (Å²) in [5, 5.41) is 12.3. The second-order valence-corrected chi connectivity index (χ2v) is 13.9. The number of hydrogen-bond acceptors (Lipinski definition) is 8. The van der Waals surface area contributed by atoms with E-state index in [1.807, 2.05) is 72.8 Å². The number of likely N-dealkylation sites (tertiary alicyclic amines) is 2. The normalized spacial score (nSPS) is 25.0. The summed E-state index contributed by atoms with van der Waals surface area (Å²) in [6, 6.07) is 22.0. The number of nitrogens with zero attached hydrogens (tertiary/aromatic N) is 2. The van der Waals surface area contributed by atoms with E-state index in [1.54, 1.807) is 0 Å². The lowest BCUT2D eigenvalue weighted by Crippen LogP contribution is -2.50. The predicted octanol–water partition coefficient (Wildman–Crippen LogP) is 5.40. The lowest BCUT2D eigenvalue weighted by molar-refractivity contribution is -0.255. The van der Waals surface area contributed by atoms with Gasteiger partial charge in [0.25, 0.3) is 0 Å². The van der Waals surface area contributed by atoms with Crippen LogP contribution in [-0.2, 0) is 41.7 Å². The number of aliphatic hydroxyl groups excluding tert-OH is 1. The van der Waals surface area contributed by atoms with E-state index >= 15 is 0 Å². The van der Waals surface area contributed by atoms with Crippen molar-refractivity contribution in [1.82, 2.24) is 15.1 Å². The molecule has 13 heteroatoms. The molecule has 4 atom stereocenters. The zero-order valence-electron chi connectivity index (χ0n) is 28.9. The number of piperidine rings is 1. The molecule has 4 saturated heterocycles. The minimum atomic E-state index is -5.03. The lowest BCUT2D eigenvalue weighted by atomic mass is 9.97. The van der Waals surface area contributed by atoms with E-state index in [-0.39, 0.29) is 38.3 Å². The third-order valence-electron chi connectivity index (χ3n) is 10.5. The Morgan fingerprint density at radius 3 is 2.27 bits per heavy atom. The first kappa shape index (κ1) is 36.5. The van der Waals surface area contributed by atoms with Gasteiger partial charge in [-0.2, -0.15) is 13.2 Å². The topological polar surface area (TPSA) is 110 Å². The van der Waals surface area contributed by atoms with Crippen LogP contribution in [0.4, 0.5) is 13.2 Å². The first-order valence-corrected chi connectivity index (χ1v) is 18.0. The minimum Gasteiger partial charge on any atom is -0.392 e. The first-order chi connectivity index (χ1) is 25.1. The van der Waals surface area contributed by atoms with Gasteiger partial charge in [0.1, 0.15) is 6.04 Å². The highest BCUT2D eigenvalue weighted by molar-refractivity contribution is 5.90. The largest absolute Gasteiger partial charge is 0.471 e. The molecule has 3 aromatic carbocycles. The van der Waals surface area contributed by atoms with E-state index in [2.05, 4.69) is 10.2 Å². The summed E-state index contributed by atoms with van der Waals surface area (Å²) in [6.45, 7) is 3.66. The standard InChI is InChI=1S/C39H44F3N3O7/c40-39(41,42)37(48)45-17-3-6-33(45)35(47)43-23-30-4-1-2-5-32(30)27-11-13-29(14-12-27)36-51-31(22-34(52-36)28-9-7-26(25-46)8-10-28)24-44-18-15-38(16-19-44)49-20-21-50-38/h1-2,4-5,7-14,31,33-34,36,46H,3,6,15-25H2,(H,43,47)/t31-,33-,34+,36+/m0/s1. The number of halogens is 3. The average Bonchev–Trinajstić information content (AvgIpc) is 3.85. The number of carbonyl (C=O) groups excluding carboxylic acids is 2. The highest BCUT2D eigenvalue weighted by Gasteiger charge is 2.47. The van der Waals surface area contributed by atoms with E-state index < -0.39 is 36.1 Å². The van der Waals surface area contributed by atoms with Crippen LogP contribution in [0.2, 0.25) is 0 Å². The third kappa shape index (κ3) is 8.19. The van der Waals surface area contributed by atoms with Gasteiger partial charge in [-0.1, -0.05) is 72.8 Å². The molecule has 0 saturated carbocycles. The summed E-state index contributed by atoms with van der Waals surface area (Å²) < 4.78 is 64.3. The van der Waals surface area contributed by atoms with E-state index in [9.17, 15) is 27.9 Å². The Morgan fingerprint density at radius 1 is 0.885 bits per heavy atom. The SMILES string of the molecule is O=C(NCc1ccccc1-c1ccc([C@@H]2O[C@H](CN3CCC4(CC3)OCCO4)C[C@H](c3ccc(CO)cc3)O2)cc1)[C@@H]1CCCN1C(=O)C(F)(F)F. The van der Waals surface area contributed by atoms with Gasteiger partial charge in [-0.3, -0.25) is 9.59 Å². The first-order valence-electron chi connectivity index (χ1n) is 18.0. The number of aliphatic hydroxyl groups is 1. The molecule has 52 heavy (non-hydrogen) atoms. The highest BCUT2D eigenvalue weighted by atomic mass is 19.4. The summed E-state index contributed by atoms with van der Waals surface area (Å²) >= 11 is 0. The van der Waals surface area contributed by atoms with Crippen LogP contribution < -0.4 is 5.32 Å². The van der Waals surface area contributed by atoms with E-state index in [0.29, 0.717) is 31.0 Å². The van der Waals surface area contributed by atoms with E-state index in [4.69, 9.17) is 18.9 Å². The summed E-state index contributed by atoms with van der Waals surface area (Å²) in [5.74, 6) is -3.04. The molecular formula is C39H44F3N3O7. The number of rotatable bonds is 9. The fourth-order valence-corrected chi connectivity index (χ4v) is 7.70. The lowest BCUT2D eigenvalue weighted by Gasteiger charge is -2.41. The number of ether oxygens (including phenoxy) is 4. The molecule has 2 N–H and O–H groups in total. The van der Waals surface area contributed by atoms with Crippen molar-refractivity contribution in [3.05, 3.63) is 95.1 Å². The maximum Gasteiger partial charge on any atom is 0.471 e. The van der Waals surface area contributed by atoms with Gasteiger partial charge in [-0.05, 0) is 40.7 Å². The summed E-state index contributed by atoms with van der Waals surface area (Å²) in [5.41, 5.74) is 5.20. The second-order valence-electron chi connectivity index (χ2n) is 13.9. The van der Waals surface area contributed by atoms with Crippen molar-refractivity contribution in [3.63, 3.8) is 0 Å². The monoisotopic (exact) mass is 723 g/mol. The van der Waals surface area contributed by atoms with Crippen LogP contribution in [0.15, 0.2) is 72.8 Å². The number of carbonyl (C=O) groups is 2. The van der Waals surface area contributed by atoms with Gasteiger partial charge in [0.2, 0.25) is 5.91 Å². The van der Waals surface area contributed by atoms with Crippen LogP contribution in [0, 0.1) is 0 Å². The number of benzene rings is 3. The molecule has 278 valence electrons. The van der Waals surface area contributed by atoms with Crippen molar-refractivity contribution in [1.29, 1.82) is 0 Å². The van der Waals surface area contributed by atoms with Gasteiger partial charge < -0.3 is 39.2 Å². The number of nitrogens with one attached hydrogen (secondary N) is 1. The Morgan fingerprint density at radius 2 is 1.58 bits per heavy atom. The maximum atomic E-state index is 13.1. The zero-order valence-corrected chi connectivity index (χ0v) is 28.9. The molecule has 10 nitrogen and oxygen atoms in total. The van der Waals surface area contributed by atoms with Gasteiger partial charge in [0.05, 0.1) is 32.0 Å². The van der Waals surface area contributed by atoms with Crippen LogP contribution in [0.25, 0.3) is 11.1 Å². The smallest absolute Gasteiger partial charge is 0.392 e. The van der Waals surface area contributed by atoms with Crippen molar-refractivity contribution in [2.75, 3.05) is 39.4 Å². The molecule has 4 heterocycles. The molecular weight excluding hydrogens is 679 g/mol. The molecule has 3 aromatic rings. The van der Waals surface area contributed by atoms with Crippen molar-refractivity contribution in [2.24, 2.45) is 0 Å². The molecule has 1 spiro atoms. The summed E-state index contributed by atoms with van der Waals surface area (Å²) in [6.07, 6.45) is -3.17. The molecule has 4 aliphatic rings. The third-order valence-corrected chi connectivity index (χ3v) is 10.5. The quantitative estimate of drug-likeness (QED) is 0.302. The van der Waals surface area contributed by atoms with Crippen LogP contribution in [0.3, 0.4) is 0 Å². The van der Waals surface area contributed by atoms with Gasteiger partial charge in [-0.25, -0.2) is 0 Å². The van der Waals surface area contributed by atoms with Crippen LogP contribution in [0.5, 0.6) is 0 Å². The highest BCUT2D eigenvalue weighted by Crippen LogP contribution is 2.40. The van der Waals surface area contributed by atoms with Gasteiger partial charge in [-0.15, -0.1) is 0 Å². The predicted molar refractivity (Wildman–Crippen MR) is 183 cm³/mol. The summed E-state index contributed by atoms with van der Waals surface area (Å²) in [7, 11) is 0. The maximum absolute atomic E-state index is 13.1. The number of alkyl halides is 3. The van der Waals surface area contributed by atoms with E-state index in [0.717, 1.165) is 65.9 Å². The molecule has 0 aliphatic carbocycles. The molecule has 0 radical (unpaired) electrons. The van der Waals surface area contributed by atoms with Crippen molar-refractivity contribution in [2.45, 2.75) is 81.8 Å². The Labute approximate surface area is 300 Å². The average molecular weight is 724 g/mol. The van der Waals surface area contributed by atoms with Gasteiger partial charge in [0.15, 0.2) is 12.1 Å². The van der Waals surface area contributed by atoms with Crippen molar-refractivity contribution < 1.29 is 46.8 Å². The Balaban J connectivity index is 1.04. The minimum absolute atomic E-state index is 0.0337. The van der Waals surface area contributed by atoms with E-state index in [1.165, 1.54) is 0 Å². The number of hydrogen-bond donors (Lipinski definition) is 2. The second kappa shape index (κ2) is 15.6. The molecule has 4 fully saturated rings. The Hall–Kier alpha value is -3.85. The van der Waals surface area contributed by atoms with Gasteiger partial charge >= 0.3 is 12.1 Å². The van der Waals surface area contributed by atoms with Crippen molar-refractivity contribution in [3.8, 4) is 11.1 Å². The van der Waals surface area contributed by atoms with Crippen LogP contribution in [0.1, 0.15) is 66.8 Å². The molecule has 0 unspecified atom stereocenters. The Kier molecular flexibility index (Phi) is 11.0. The van der Waals surface area contributed by atoms with Gasteiger partial charge in [0, 0.05) is 57.5 Å². The molecule has 4 aliphatic heterocycles. The Bertz CT molecular complexity index is 1690. The fourth-order valence-electron chi connectivity index (χ4n) is 7.70. The molecule has 2 amide bonds. The molecule has 7 rings (SSSR count). The molecule has 0 bridgehead atoms. The fraction of sp³-hybridized carbons (Fsp3) is 0.487. The van der Waals surface area contributed by atoms with Crippen molar-refractivity contribution >= 4 is 11.8 Å². The molecule has 0 aromatic heterocycles. The zero-order chi connectivity index (χ0) is 36.3.